The number of phenolic OH excluding ortho intramolecular Hbond substituents is 1. The first-order chi connectivity index (χ1) is 18.0. The Balaban J connectivity index is 1.79. The van der Waals surface area contributed by atoms with Gasteiger partial charge in [-0.3, -0.25) is 4.79 Å². The molecule has 2 saturated carbocycles. The topological polar surface area (TPSA) is 72.8 Å². The van der Waals surface area contributed by atoms with Gasteiger partial charge in [0.1, 0.15) is 5.78 Å². The third kappa shape index (κ3) is 10.3. The van der Waals surface area contributed by atoms with Gasteiger partial charge in [-0.15, -0.1) is 0 Å². The second-order valence-electron chi connectivity index (χ2n) is 11.1. The summed E-state index contributed by atoms with van der Waals surface area (Å²) in [6, 6.07) is 3.95. The largest absolute Gasteiger partial charge is 0.504 e. The first kappa shape index (κ1) is 29.4. The van der Waals surface area contributed by atoms with Crippen LogP contribution in [0.4, 0.5) is 0 Å². The van der Waals surface area contributed by atoms with E-state index < -0.39 is 0 Å². The maximum atomic E-state index is 12.4. The van der Waals surface area contributed by atoms with Crippen LogP contribution in [0, 0.1) is 0 Å². The average molecular weight is 513 g/mol. The van der Waals surface area contributed by atoms with Gasteiger partial charge in [-0.1, -0.05) is 44.7 Å². The molecule has 0 aromatic heterocycles. The molecule has 0 radical (unpaired) electrons. The van der Waals surface area contributed by atoms with Crippen molar-refractivity contribution in [1.82, 2.24) is 0 Å². The van der Waals surface area contributed by atoms with Gasteiger partial charge >= 0.3 is 0 Å². The lowest BCUT2D eigenvalue weighted by Crippen LogP contribution is -2.18. The molecule has 5 heteroatoms. The minimum atomic E-state index is -0.00137. The van der Waals surface area contributed by atoms with Crippen LogP contribution in [-0.4, -0.2) is 35.5 Å². The number of phenols is 1. The maximum absolute atomic E-state index is 12.4. The molecule has 0 bridgehead atoms. The predicted molar refractivity (Wildman–Crippen MR) is 148 cm³/mol. The van der Waals surface area contributed by atoms with Crippen LogP contribution < -0.4 is 4.74 Å². The van der Waals surface area contributed by atoms with Gasteiger partial charge in [0, 0.05) is 25.0 Å². The van der Waals surface area contributed by atoms with Gasteiger partial charge in [-0.25, -0.2) is 0 Å². The summed E-state index contributed by atoms with van der Waals surface area (Å²) in [6.07, 6.45) is 19.3. The highest BCUT2D eigenvalue weighted by Gasteiger charge is 2.24. The zero-order chi connectivity index (χ0) is 26.5. The van der Waals surface area contributed by atoms with E-state index in [0.29, 0.717) is 44.1 Å². The number of carbonyl (C=O) groups excluding carboxylic acids is 2. The Bertz CT molecular complexity index is 877. The summed E-state index contributed by atoms with van der Waals surface area (Å²) in [4.78, 5) is 24.3. The molecule has 0 spiro atoms. The van der Waals surface area contributed by atoms with Crippen molar-refractivity contribution in [1.29, 1.82) is 0 Å². The number of ketones is 2. The lowest BCUT2D eigenvalue weighted by Gasteiger charge is -2.25. The number of unbranched alkanes of at least 4 members (excludes halogenated alkanes) is 1. The molecule has 1 atom stereocenters. The lowest BCUT2D eigenvalue weighted by molar-refractivity contribution is -0.117. The van der Waals surface area contributed by atoms with Crippen molar-refractivity contribution in [2.24, 2.45) is 0 Å². The summed E-state index contributed by atoms with van der Waals surface area (Å²) in [7, 11) is 0. The summed E-state index contributed by atoms with van der Waals surface area (Å²) >= 11 is 0. The minimum absolute atomic E-state index is 0.00137. The summed E-state index contributed by atoms with van der Waals surface area (Å²) in [5.41, 5.74) is 1.83. The Kier molecular flexibility index (Phi) is 12.7. The van der Waals surface area contributed by atoms with Crippen molar-refractivity contribution in [2.45, 2.75) is 135 Å². The number of aryl methyl sites for hydroxylation is 1. The van der Waals surface area contributed by atoms with E-state index in [9.17, 15) is 14.7 Å². The average Bonchev–Trinajstić information content (AvgIpc) is 3.40. The summed E-state index contributed by atoms with van der Waals surface area (Å²) in [5, 5.41) is 11.3. The minimum Gasteiger partial charge on any atom is -0.504 e. The highest BCUT2D eigenvalue weighted by Crippen LogP contribution is 2.41. The molecule has 5 nitrogen and oxygen atoms in total. The highest BCUT2D eigenvalue weighted by molar-refractivity contribution is 5.89. The van der Waals surface area contributed by atoms with E-state index >= 15 is 0 Å². The molecule has 2 fully saturated rings. The van der Waals surface area contributed by atoms with Crippen LogP contribution in [0.5, 0.6) is 11.5 Å². The molecule has 206 valence electrons. The molecule has 0 amide bonds. The van der Waals surface area contributed by atoms with Crippen LogP contribution in [0.3, 0.4) is 0 Å². The third-order valence-electron chi connectivity index (χ3n) is 7.84. The molecule has 1 N–H and O–H groups in total. The van der Waals surface area contributed by atoms with Crippen LogP contribution in [0.15, 0.2) is 24.3 Å². The molecule has 1 aromatic carbocycles. The second-order valence-corrected chi connectivity index (χ2v) is 11.1. The summed E-state index contributed by atoms with van der Waals surface area (Å²) < 4.78 is 12.5. The van der Waals surface area contributed by atoms with Crippen LogP contribution in [0.25, 0.3) is 0 Å². The monoisotopic (exact) mass is 512 g/mol. The molecule has 1 aromatic rings. The normalized spacial score (nSPS) is 17.9. The van der Waals surface area contributed by atoms with Crippen molar-refractivity contribution in [3.8, 4) is 11.5 Å². The Labute approximate surface area is 224 Å². The number of Topliss-reactive ketones (excluding diaryl/α,β-unsaturated/α-hetero) is 1. The first-order valence-corrected chi connectivity index (χ1v) is 14.8. The summed E-state index contributed by atoms with van der Waals surface area (Å²) in [5.74, 6) is 0.986. The Morgan fingerprint density at radius 2 is 1.70 bits per heavy atom. The molecule has 37 heavy (non-hydrogen) atoms. The van der Waals surface area contributed by atoms with E-state index in [4.69, 9.17) is 9.47 Å². The van der Waals surface area contributed by atoms with Gasteiger partial charge in [0.05, 0.1) is 12.2 Å². The number of aromatic hydroxyl groups is 1. The smallest absolute Gasteiger partial charge is 0.161 e. The quantitative estimate of drug-likeness (QED) is 0.229. The molecular weight excluding hydrogens is 464 g/mol. The fraction of sp³-hybridized carbons (Fsp3) is 0.688. The Hall–Kier alpha value is -2.14. The fourth-order valence-corrected chi connectivity index (χ4v) is 5.59. The SMILES string of the molecule is CCCC=CC(=O)CCc1cc(OC2CCCC2)c(O)c([C@H](CCOC2CCCCC2)CCC(C)=O)c1. The molecule has 0 aliphatic heterocycles. The van der Waals surface area contributed by atoms with Gasteiger partial charge in [-0.2, -0.15) is 0 Å². The number of allylic oxidation sites excluding steroid dienone is 2. The van der Waals surface area contributed by atoms with Gasteiger partial charge < -0.3 is 19.4 Å². The lowest BCUT2D eigenvalue weighted by atomic mass is 9.88. The fourth-order valence-electron chi connectivity index (χ4n) is 5.59. The number of benzene rings is 1. The molecule has 2 aliphatic carbocycles. The zero-order valence-electron chi connectivity index (χ0n) is 23.1. The maximum Gasteiger partial charge on any atom is 0.161 e. The van der Waals surface area contributed by atoms with E-state index in [1.165, 1.54) is 19.3 Å². The highest BCUT2D eigenvalue weighted by atomic mass is 16.5. The Morgan fingerprint density at radius 1 is 1.00 bits per heavy atom. The van der Waals surface area contributed by atoms with E-state index in [2.05, 4.69) is 6.92 Å². The van der Waals surface area contributed by atoms with E-state index in [1.54, 1.807) is 13.0 Å². The van der Waals surface area contributed by atoms with E-state index in [-0.39, 0.29) is 29.3 Å². The van der Waals surface area contributed by atoms with Crippen LogP contribution in [-0.2, 0) is 20.7 Å². The van der Waals surface area contributed by atoms with E-state index in [0.717, 1.165) is 68.9 Å². The number of carbonyl (C=O) groups is 2. The van der Waals surface area contributed by atoms with Crippen LogP contribution in [0.1, 0.15) is 127 Å². The second kappa shape index (κ2) is 16.0. The van der Waals surface area contributed by atoms with Crippen molar-refractivity contribution < 1.29 is 24.2 Å². The van der Waals surface area contributed by atoms with Gasteiger partial charge in [0.2, 0.25) is 0 Å². The van der Waals surface area contributed by atoms with Crippen LogP contribution in [0.2, 0.25) is 0 Å². The predicted octanol–water partition coefficient (Wildman–Crippen LogP) is 7.76. The zero-order valence-corrected chi connectivity index (χ0v) is 23.1. The summed E-state index contributed by atoms with van der Waals surface area (Å²) in [6.45, 7) is 4.34. The molecular formula is C32H48O5. The van der Waals surface area contributed by atoms with Crippen molar-refractivity contribution >= 4 is 11.6 Å². The standard InChI is InChI=1S/C32H48O5/c1-3-4-6-11-27(34)19-17-25-22-30(32(35)31(23-25)37-29-14-9-10-15-29)26(18-16-24(2)33)20-21-36-28-12-7-5-8-13-28/h6,11,22-23,26,28-29,35H,3-5,7-10,12-21H2,1-2H3/t26-/m0/s1. The number of rotatable bonds is 16. The van der Waals surface area contributed by atoms with Crippen molar-refractivity contribution in [3.05, 3.63) is 35.4 Å². The Morgan fingerprint density at radius 3 is 2.41 bits per heavy atom. The number of ether oxygens (including phenoxy) is 2. The molecule has 2 aliphatic rings. The molecule has 3 rings (SSSR count). The van der Waals surface area contributed by atoms with Crippen LogP contribution >= 0.6 is 0 Å². The molecule has 0 heterocycles. The first-order valence-electron chi connectivity index (χ1n) is 14.8. The van der Waals surface area contributed by atoms with Gasteiger partial charge in [-0.05, 0) is 94.8 Å². The van der Waals surface area contributed by atoms with Crippen molar-refractivity contribution in [2.75, 3.05) is 6.61 Å². The van der Waals surface area contributed by atoms with Gasteiger partial charge in [0.15, 0.2) is 17.3 Å². The van der Waals surface area contributed by atoms with Gasteiger partial charge in [0.25, 0.3) is 0 Å². The third-order valence-corrected chi connectivity index (χ3v) is 7.84. The molecule has 0 unspecified atom stereocenters. The van der Waals surface area contributed by atoms with Crippen molar-refractivity contribution in [3.63, 3.8) is 0 Å². The molecule has 0 saturated heterocycles. The number of hydrogen-bond donors (Lipinski definition) is 1. The number of hydrogen-bond acceptors (Lipinski definition) is 5. The van der Waals surface area contributed by atoms with E-state index in [1.807, 2.05) is 18.2 Å².